The van der Waals surface area contributed by atoms with Gasteiger partial charge in [-0.15, -0.1) is 0 Å². The molecule has 1 aromatic carbocycles. The van der Waals surface area contributed by atoms with E-state index >= 15 is 0 Å². The van der Waals surface area contributed by atoms with Crippen LogP contribution in [0.25, 0.3) is 0 Å². The van der Waals surface area contributed by atoms with Crippen LogP contribution in [0.3, 0.4) is 0 Å². The molecule has 0 aliphatic carbocycles. The van der Waals surface area contributed by atoms with Crippen LogP contribution in [-0.2, 0) is 17.8 Å². The number of ether oxygens (including phenoxy) is 2. The Bertz CT molecular complexity index is 736. The van der Waals surface area contributed by atoms with Gasteiger partial charge in [0.05, 0.1) is 18.8 Å². The van der Waals surface area contributed by atoms with Gasteiger partial charge in [0.25, 0.3) is 0 Å². The SMILES string of the molecule is CN=C(NCc1nc(C)c(C)o1)NCc1ccc(C)cc1OCCCOC. The first kappa shape index (κ1) is 20.8. The normalized spacial score (nSPS) is 11.5. The first-order chi connectivity index (χ1) is 13.0. The molecular weight excluding hydrogens is 344 g/mol. The molecule has 0 aliphatic rings. The van der Waals surface area contributed by atoms with Crippen LogP contribution in [0.15, 0.2) is 27.6 Å². The molecule has 0 saturated heterocycles. The second-order valence-electron chi connectivity index (χ2n) is 6.33. The number of methoxy groups -OCH3 is 1. The zero-order valence-electron chi connectivity index (χ0n) is 16.9. The lowest BCUT2D eigenvalue weighted by atomic mass is 10.1. The van der Waals surface area contributed by atoms with Crippen molar-refractivity contribution in [2.75, 3.05) is 27.4 Å². The van der Waals surface area contributed by atoms with Crippen molar-refractivity contribution in [1.29, 1.82) is 0 Å². The summed E-state index contributed by atoms with van der Waals surface area (Å²) in [6, 6.07) is 6.20. The maximum Gasteiger partial charge on any atom is 0.214 e. The van der Waals surface area contributed by atoms with Crippen molar-refractivity contribution >= 4 is 5.96 Å². The van der Waals surface area contributed by atoms with Crippen molar-refractivity contribution in [2.24, 2.45) is 4.99 Å². The number of nitrogens with one attached hydrogen (secondary N) is 2. The lowest BCUT2D eigenvalue weighted by Crippen LogP contribution is -2.36. The Labute approximate surface area is 161 Å². The third-order valence-corrected chi connectivity index (χ3v) is 4.12. The first-order valence-electron chi connectivity index (χ1n) is 9.12. The number of hydrogen-bond donors (Lipinski definition) is 2. The fraction of sp³-hybridized carbons (Fsp3) is 0.500. The van der Waals surface area contributed by atoms with Crippen molar-refractivity contribution in [1.82, 2.24) is 15.6 Å². The molecule has 2 N–H and O–H groups in total. The van der Waals surface area contributed by atoms with Crippen molar-refractivity contribution in [3.63, 3.8) is 0 Å². The Morgan fingerprint density at radius 3 is 2.59 bits per heavy atom. The number of oxazole rings is 1. The average molecular weight is 374 g/mol. The summed E-state index contributed by atoms with van der Waals surface area (Å²) >= 11 is 0. The van der Waals surface area contributed by atoms with Gasteiger partial charge in [-0.05, 0) is 32.4 Å². The molecule has 2 aromatic rings. The van der Waals surface area contributed by atoms with Crippen LogP contribution in [0.2, 0.25) is 0 Å². The fourth-order valence-corrected chi connectivity index (χ4v) is 2.50. The molecule has 0 atom stereocenters. The standard InChI is InChI=1S/C20H30N4O3/c1-14-7-8-17(18(11-14)26-10-6-9-25-5)12-22-20(21-4)23-13-19-24-15(2)16(3)27-19/h7-8,11H,6,9-10,12-13H2,1-5H3,(H2,21,22,23). The van der Waals surface area contributed by atoms with Gasteiger partial charge in [-0.25, -0.2) is 4.98 Å². The van der Waals surface area contributed by atoms with Gasteiger partial charge in [0.2, 0.25) is 5.89 Å². The molecule has 27 heavy (non-hydrogen) atoms. The lowest BCUT2D eigenvalue weighted by Gasteiger charge is -2.15. The van der Waals surface area contributed by atoms with Crippen LogP contribution < -0.4 is 15.4 Å². The number of aromatic nitrogens is 1. The highest BCUT2D eigenvalue weighted by Gasteiger charge is 2.08. The van der Waals surface area contributed by atoms with Crippen LogP contribution in [0, 0.1) is 20.8 Å². The molecular formula is C20H30N4O3. The Morgan fingerprint density at radius 2 is 1.93 bits per heavy atom. The second kappa shape index (κ2) is 10.6. The molecule has 0 saturated carbocycles. The number of hydrogen-bond acceptors (Lipinski definition) is 5. The number of aryl methyl sites for hydroxylation is 3. The molecule has 0 bridgehead atoms. The second-order valence-corrected chi connectivity index (χ2v) is 6.33. The smallest absolute Gasteiger partial charge is 0.214 e. The average Bonchev–Trinajstić information content (AvgIpc) is 2.98. The van der Waals surface area contributed by atoms with Gasteiger partial charge in [-0.2, -0.15) is 0 Å². The maximum atomic E-state index is 5.93. The van der Waals surface area contributed by atoms with Crippen LogP contribution in [-0.4, -0.2) is 38.3 Å². The van der Waals surface area contributed by atoms with E-state index in [0.29, 0.717) is 38.2 Å². The molecule has 1 aromatic heterocycles. The summed E-state index contributed by atoms with van der Waals surface area (Å²) in [6.45, 7) is 8.28. The number of benzene rings is 1. The highest BCUT2D eigenvalue weighted by molar-refractivity contribution is 5.79. The van der Waals surface area contributed by atoms with E-state index in [0.717, 1.165) is 34.8 Å². The monoisotopic (exact) mass is 374 g/mol. The van der Waals surface area contributed by atoms with E-state index in [-0.39, 0.29) is 0 Å². The zero-order valence-corrected chi connectivity index (χ0v) is 16.9. The highest BCUT2D eigenvalue weighted by atomic mass is 16.5. The van der Waals surface area contributed by atoms with Crippen LogP contribution >= 0.6 is 0 Å². The maximum absolute atomic E-state index is 5.93. The summed E-state index contributed by atoms with van der Waals surface area (Å²) in [5.41, 5.74) is 3.14. The van der Waals surface area contributed by atoms with Crippen LogP contribution in [0.5, 0.6) is 5.75 Å². The van der Waals surface area contributed by atoms with E-state index in [2.05, 4.69) is 45.7 Å². The van der Waals surface area contributed by atoms with Gasteiger partial charge >= 0.3 is 0 Å². The first-order valence-corrected chi connectivity index (χ1v) is 9.12. The fourth-order valence-electron chi connectivity index (χ4n) is 2.50. The molecule has 0 spiro atoms. The van der Waals surface area contributed by atoms with Gasteiger partial charge in [-0.1, -0.05) is 12.1 Å². The third kappa shape index (κ3) is 6.60. The minimum Gasteiger partial charge on any atom is -0.493 e. The number of aliphatic imine (C=N–C) groups is 1. The van der Waals surface area contributed by atoms with Crippen molar-refractivity contribution < 1.29 is 13.9 Å². The Kier molecular flexibility index (Phi) is 8.13. The quantitative estimate of drug-likeness (QED) is 0.399. The molecule has 7 nitrogen and oxygen atoms in total. The Balaban J connectivity index is 1.91. The molecule has 148 valence electrons. The number of nitrogens with zero attached hydrogens (tertiary/aromatic N) is 2. The molecule has 7 heteroatoms. The number of guanidine groups is 1. The van der Waals surface area contributed by atoms with Gasteiger partial charge in [0, 0.05) is 39.3 Å². The van der Waals surface area contributed by atoms with Gasteiger partial charge in [0.15, 0.2) is 5.96 Å². The van der Waals surface area contributed by atoms with Gasteiger partial charge in [-0.3, -0.25) is 4.99 Å². The Morgan fingerprint density at radius 1 is 1.15 bits per heavy atom. The van der Waals surface area contributed by atoms with E-state index in [1.807, 2.05) is 13.8 Å². The van der Waals surface area contributed by atoms with Crippen molar-refractivity contribution in [3.05, 3.63) is 46.7 Å². The summed E-state index contributed by atoms with van der Waals surface area (Å²) in [5, 5.41) is 6.52. The highest BCUT2D eigenvalue weighted by Crippen LogP contribution is 2.20. The van der Waals surface area contributed by atoms with E-state index < -0.39 is 0 Å². The van der Waals surface area contributed by atoms with Gasteiger partial charge < -0.3 is 24.5 Å². The molecule has 0 fully saturated rings. The summed E-state index contributed by atoms with van der Waals surface area (Å²) in [7, 11) is 3.43. The van der Waals surface area contributed by atoms with Crippen LogP contribution in [0.1, 0.15) is 34.9 Å². The summed E-state index contributed by atoms with van der Waals surface area (Å²) in [4.78, 5) is 8.61. The molecule has 0 radical (unpaired) electrons. The zero-order chi connectivity index (χ0) is 19.6. The third-order valence-electron chi connectivity index (χ3n) is 4.12. The minimum absolute atomic E-state index is 0.475. The molecule has 2 rings (SSSR count). The molecule has 1 heterocycles. The molecule has 0 unspecified atom stereocenters. The number of rotatable bonds is 9. The van der Waals surface area contributed by atoms with E-state index in [1.54, 1.807) is 14.2 Å². The predicted molar refractivity (Wildman–Crippen MR) is 106 cm³/mol. The Hall–Kier alpha value is -2.54. The van der Waals surface area contributed by atoms with Crippen molar-refractivity contribution in [3.8, 4) is 5.75 Å². The molecule has 0 amide bonds. The topological polar surface area (TPSA) is 80.9 Å². The lowest BCUT2D eigenvalue weighted by molar-refractivity contribution is 0.171. The largest absolute Gasteiger partial charge is 0.493 e. The van der Waals surface area contributed by atoms with Crippen LogP contribution in [0.4, 0.5) is 0 Å². The summed E-state index contributed by atoms with van der Waals surface area (Å²) < 4.78 is 16.6. The summed E-state index contributed by atoms with van der Waals surface area (Å²) in [5.74, 6) is 3.04. The van der Waals surface area contributed by atoms with Gasteiger partial charge in [0.1, 0.15) is 11.5 Å². The van der Waals surface area contributed by atoms with E-state index in [1.165, 1.54) is 0 Å². The summed E-state index contributed by atoms with van der Waals surface area (Å²) in [6.07, 6.45) is 0.857. The minimum atomic E-state index is 0.475. The molecule has 0 aliphatic heterocycles. The predicted octanol–water partition coefficient (Wildman–Crippen LogP) is 2.88. The van der Waals surface area contributed by atoms with Crippen molar-refractivity contribution in [2.45, 2.75) is 40.3 Å². The van der Waals surface area contributed by atoms with E-state index in [4.69, 9.17) is 13.9 Å². The van der Waals surface area contributed by atoms with E-state index in [9.17, 15) is 0 Å².